The Morgan fingerprint density at radius 1 is 1.10 bits per heavy atom. The normalized spacial score (nSPS) is 18.4. The standard InChI is InChI=1S/C18H30N2/c1-18(2,3)15-19-17-10-13-20(14-11-17)12-9-16-7-5-4-6-8-16/h4-8,17,19H,9-15H2,1-3H3. The van der Waals surface area contributed by atoms with E-state index in [-0.39, 0.29) is 0 Å². The van der Waals surface area contributed by atoms with Gasteiger partial charge in [0.1, 0.15) is 0 Å². The zero-order valence-corrected chi connectivity index (χ0v) is 13.4. The van der Waals surface area contributed by atoms with Gasteiger partial charge in [0.05, 0.1) is 0 Å². The fourth-order valence-electron chi connectivity index (χ4n) is 2.74. The Morgan fingerprint density at radius 2 is 1.75 bits per heavy atom. The quantitative estimate of drug-likeness (QED) is 0.886. The first-order valence-corrected chi connectivity index (χ1v) is 8.03. The van der Waals surface area contributed by atoms with Crippen molar-refractivity contribution in [2.75, 3.05) is 26.2 Å². The zero-order chi connectivity index (χ0) is 14.4. The van der Waals surface area contributed by atoms with Crippen LogP contribution in [-0.4, -0.2) is 37.1 Å². The molecule has 0 saturated carbocycles. The number of piperidine rings is 1. The minimum Gasteiger partial charge on any atom is -0.313 e. The number of benzene rings is 1. The highest BCUT2D eigenvalue weighted by molar-refractivity contribution is 5.14. The summed E-state index contributed by atoms with van der Waals surface area (Å²) < 4.78 is 0. The van der Waals surface area contributed by atoms with E-state index < -0.39 is 0 Å². The molecule has 0 aliphatic carbocycles. The zero-order valence-electron chi connectivity index (χ0n) is 13.4. The number of nitrogens with one attached hydrogen (secondary N) is 1. The smallest absolute Gasteiger partial charge is 0.00916 e. The van der Waals surface area contributed by atoms with Gasteiger partial charge in [-0.25, -0.2) is 0 Å². The molecule has 1 heterocycles. The summed E-state index contributed by atoms with van der Waals surface area (Å²) in [7, 11) is 0. The lowest BCUT2D eigenvalue weighted by Crippen LogP contribution is -2.45. The molecule has 0 amide bonds. The lowest BCUT2D eigenvalue weighted by Gasteiger charge is -2.34. The predicted octanol–water partition coefficient (Wildman–Crippen LogP) is 3.33. The molecule has 0 radical (unpaired) electrons. The van der Waals surface area contributed by atoms with Gasteiger partial charge in [0.15, 0.2) is 0 Å². The van der Waals surface area contributed by atoms with Crippen LogP contribution in [0, 0.1) is 5.41 Å². The molecule has 1 N–H and O–H groups in total. The highest BCUT2D eigenvalue weighted by Crippen LogP contribution is 2.15. The molecule has 0 atom stereocenters. The van der Waals surface area contributed by atoms with E-state index in [0.717, 1.165) is 12.6 Å². The van der Waals surface area contributed by atoms with Gasteiger partial charge in [-0.3, -0.25) is 0 Å². The van der Waals surface area contributed by atoms with E-state index in [2.05, 4.69) is 61.3 Å². The van der Waals surface area contributed by atoms with Gasteiger partial charge in [-0.15, -0.1) is 0 Å². The molecular formula is C18H30N2. The number of likely N-dealkylation sites (tertiary alicyclic amines) is 1. The molecule has 0 bridgehead atoms. The Balaban J connectivity index is 1.64. The summed E-state index contributed by atoms with van der Waals surface area (Å²) in [5, 5.41) is 3.73. The van der Waals surface area contributed by atoms with Crippen LogP contribution in [0.4, 0.5) is 0 Å². The third-order valence-electron chi connectivity index (χ3n) is 4.07. The van der Waals surface area contributed by atoms with E-state index in [1.807, 2.05) is 0 Å². The summed E-state index contributed by atoms with van der Waals surface area (Å²) in [6.07, 6.45) is 3.77. The molecule has 0 unspecified atom stereocenters. The van der Waals surface area contributed by atoms with Gasteiger partial charge in [0.25, 0.3) is 0 Å². The molecule has 1 aromatic rings. The molecule has 1 fully saturated rings. The molecule has 0 aromatic heterocycles. The summed E-state index contributed by atoms with van der Waals surface area (Å²) in [4.78, 5) is 2.61. The van der Waals surface area contributed by atoms with Crippen LogP contribution in [0.2, 0.25) is 0 Å². The van der Waals surface area contributed by atoms with Crippen molar-refractivity contribution in [1.82, 2.24) is 10.2 Å². The average Bonchev–Trinajstić information content (AvgIpc) is 2.44. The monoisotopic (exact) mass is 274 g/mol. The van der Waals surface area contributed by atoms with Crippen LogP contribution in [-0.2, 0) is 6.42 Å². The Hall–Kier alpha value is -0.860. The predicted molar refractivity (Wildman–Crippen MR) is 87.1 cm³/mol. The number of hydrogen-bond donors (Lipinski definition) is 1. The van der Waals surface area contributed by atoms with Crippen molar-refractivity contribution in [3.8, 4) is 0 Å². The van der Waals surface area contributed by atoms with E-state index in [1.54, 1.807) is 0 Å². The Labute approximate surface area is 124 Å². The van der Waals surface area contributed by atoms with E-state index in [9.17, 15) is 0 Å². The lowest BCUT2D eigenvalue weighted by molar-refractivity contribution is 0.191. The van der Waals surface area contributed by atoms with E-state index in [0.29, 0.717) is 5.41 Å². The van der Waals surface area contributed by atoms with E-state index in [1.165, 1.54) is 44.5 Å². The third-order valence-corrected chi connectivity index (χ3v) is 4.07. The molecule has 2 heteroatoms. The first kappa shape index (κ1) is 15.5. The van der Waals surface area contributed by atoms with Crippen molar-refractivity contribution in [3.63, 3.8) is 0 Å². The van der Waals surface area contributed by atoms with Crippen molar-refractivity contribution in [2.45, 2.75) is 46.1 Å². The number of rotatable bonds is 5. The second kappa shape index (κ2) is 7.24. The van der Waals surface area contributed by atoms with Crippen molar-refractivity contribution in [1.29, 1.82) is 0 Å². The molecule has 2 rings (SSSR count). The maximum atomic E-state index is 3.73. The molecule has 1 aromatic carbocycles. The summed E-state index contributed by atoms with van der Waals surface area (Å²) >= 11 is 0. The largest absolute Gasteiger partial charge is 0.313 e. The first-order valence-electron chi connectivity index (χ1n) is 8.03. The minimum absolute atomic E-state index is 0.393. The topological polar surface area (TPSA) is 15.3 Å². The molecule has 1 aliphatic rings. The average molecular weight is 274 g/mol. The SMILES string of the molecule is CC(C)(C)CNC1CCN(CCc2ccccc2)CC1. The Bertz CT molecular complexity index is 372. The van der Waals surface area contributed by atoms with Gasteiger partial charge in [0, 0.05) is 19.1 Å². The van der Waals surface area contributed by atoms with Gasteiger partial charge in [0.2, 0.25) is 0 Å². The fraction of sp³-hybridized carbons (Fsp3) is 0.667. The molecule has 112 valence electrons. The molecule has 1 aliphatic heterocycles. The van der Waals surface area contributed by atoms with Crippen LogP contribution in [0.5, 0.6) is 0 Å². The van der Waals surface area contributed by atoms with Gasteiger partial charge in [-0.2, -0.15) is 0 Å². The fourth-order valence-corrected chi connectivity index (χ4v) is 2.74. The number of hydrogen-bond acceptors (Lipinski definition) is 2. The molecule has 0 spiro atoms. The van der Waals surface area contributed by atoms with Crippen molar-refractivity contribution in [3.05, 3.63) is 35.9 Å². The maximum absolute atomic E-state index is 3.73. The van der Waals surface area contributed by atoms with Gasteiger partial charge in [-0.05, 0) is 43.3 Å². The summed E-state index contributed by atoms with van der Waals surface area (Å²) in [5.74, 6) is 0. The Morgan fingerprint density at radius 3 is 2.35 bits per heavy atom. The highest BCUT2D eigenvalue weighted by atomic mass is 15.1. The van der Waals surface area contributed by atoms with Gasteiger partial charge >= 0.3 is 0 Å². The molecule has 20 heavy (non-hydrogen) atoms. The van der Waals surface area contributed by atoms with Gasteiger partial charge < -0.3 is 10.2 Å². The van der Waals surface area contributed by atoms with Crippen LogP contribution in [0.3, 0.4) is 0 Å². The summed E-state index contributed by atoms with van der Waals surface area (Å²) in [6.45, 7) is 11.7. The third kappa shape index (κ3) is 5.64. The first-order chi connectivity index (χ1) is 9.53. The summed E-state index contributed by atoms with van der Waals surface area (Å²) in [5.41, 5.74) is 1.85. The second-order valence-corrected chi connectivity index (χ2v) is 7.29. The van der Waals surface area contributed by atoms with Crippen LogP contribution >= 0.6 is 0 Å². The minimum atomic E-state index is 0.393. The van der Waals surface area contributed by atoms with Crippen LogP contribution in [0.15, 0.2) is 30.3 Å². The van der Waals surface area contributed by atoms with Crippen molar-refractivity contribution in [2.24, 2.45) is 5.41 Å². The van der Waals surface area contributed by atoms with Crippen LogP contribution < -0.4 is 5.32 Å². The van der Waals surface area contributed by atoms with Crippen LogP contribution in [0.1, 0.15) is 39.2 Å². The maximum Gasteiger partial charge on any atom is 0.00916 e. The lowest BCUT2D eigenvalue weighted by atomic mass is 9.95. The van der Waals surface area contributed by atoms with E-state index >= 15 is 0 Å². The van der Waals surface area contributed by atoms with E-state index in [4.69, 9.17) is 0 Å². The Kier molecular flexibility index (Phi) is 5.62. The number of nitrogens with zero attached hydrogens (tertiary/aromatic N) is 1. The molecular weight excluding hydrogens is 244 g/mol. The molecule has 1 saturated heterocycles. The van der Waals surface area contributed by atoms with Crippen LogP contribution in [0.25, 0.3) is 0 Å². The summed E-state index contributed by atoms with van der Waals surface area (Å²) in [6, 6.07) is 11.6. The van der Waals surface area contributed by atoms with Gasteiger partial charge in [-0.1, -0.05) is 51.1 Å². The molecule has 2 nitrogen and oxygen atoms in total. The van der Waals surface area contributed by atoms with Crippen molar-refractivity contribution >= 4 is 0 Å². The van der Waals surface area contributed by atoms with Crippen molar-refractivity contribution < 1.29 is 0 Å². The second-order valence-electron chi connectivity index (χ2n) is 7.29. The highest BCUT2D eigenvalue weighted by Gasteiger charge is 2.20.